The maximum Gasteiger partial charge on any atom is 0.169 e. The van der Waals surface area contributed by atoms with Crippen LogP contribution in [0.15, 0.2) is 183 Å². The van der Waals surface area contributed by atoms with Crippen LogP contribution in [-0.2, 0) is 0 Å². The molecule has 11 heteroatoms. The lowest BCUT2D eigenvalue weighted by Crippen LogP contribution is -2.07. The Kier molecular flexibility index (Phi) is 18.9. The molecule has 0 atom stereocenters. The van der Waals surface area contributed by atoms with E-state index in [9.17, 15) is 0 Å². The second-order valence-electron chi connectivity index (χ2n) is 15.4. The lowest BCUT2D eigenvalue weighted by Gasteiger charge is -2.17. The number of nitrogens with two attached hydrogens (primary N) is 1. The molecular formula is C54H53Br2Cl2N7. The maximum atomic E-state index is 6.13. The first-order valence-electron chi connectivity index (χ1n) is 20.8. The topological polar surface area (TPSA) is 84.7 Å². The van der Waals surface area contributed by atoms with Gasteiger partial charge in [0.15, 0.2) is 22.0 Å². The predicted octanol–water partition coefficient (Wildman–Crippen LogP) is 15.3. The van der Waals surface area contributed by atoms with Crippen molar-refractivity contribution in [3.63, 3.8) is 0 Å². The van der Waals surface area contributed by atoms with Gasteiger partial charge in [0, 0.05) is 56.7 Å². The second kappa shape index (κ2) is 24.4. The first-order valence-corrected chi connectivity index (χ1v) is 23.2. The van der Waals surface area contributed by atoms with Crippen molar-refractivity contribution in [1.29, 1.82) is 0 Å². The molecule has 0 radical (unpaired) electrons. The molecule has 65 heavy (non-hydrogen) atoms. The van der Waals surface area contributed by atoms with Crippen LogP contribution in [0.4, 0.5) is 11.4 Å². The number of hydrogen-bond acceptors (Lipinski definition) is 6. The maximum absolute atomic E-state index is 6.13. The molecule has 0 unspecified atom stereocenters. The lowest BCUT2D eigenvalue weighted by atomic mass is 10.1. The Labute approximate surface area is 411 Å². The van der Waals surface area contributed by atoms with Crippen molar-refractivity contribution in [3.8, 4) is 28.5 Å². The number of halogens is 4. The van der Waals surface area contributed by atoms with Crippen LogP contribution in [0.1, 0.15) is 44.5 Å². The zero-order chi connectivity index (χ0) is 47.0. The highest BCUT2D eigenvalue weighted by Gasteiger charge is 2.21. The fourth-order valence-electron chi connectivity index (χ4n) is 6.75. The lowest BCUT2D eigenvalue weighted by molar-refractivity contribution is 1.03. The molecule has 2 N–H and O–H groups in total. The minimum Gasteiger partial charge on any atom is -0.398 e. The van der Waals surface area contributed by atoms with Crippen molar-refractivity contribution in [2.75, 3.05) is 24.7 Å². The molecule has 0 spiro atoms. The van der Waals surface area contributed by atoms with Gasteiger partial charge in [0.2, 0.25) is 0 Å². The second-order valence-corrected chi connectivity index (χ2v) is 17.9. The van der Waals surface area contributed by atoms with Crippen molar-refractivity contribution >= 4 is 76.8 Å². The summed E-state index contributed by atoms with van der Waals surface area (Å²) in [5, 5.41) is 17.8. The SMILES string of the molecule is CN(C)c1ccccc1.Cc1cc(Br)cc(C)c1N.Cc1ccccc1-c1nnc(-c2ccccc2)n1-c1c(C)cc(Br)cc1C.Cc1ccccc1/C(Cl)=N/N=C(\Cl)c1ccccc1. The van der Waals surface area contributed by atoms with E-state index in [0.29, 0.717) is 10.3 Å². The van der Waals surface area contributed by atoms with E-state index in [1.165, 1.54) is 22.4 Å². The fourth-order valence-corrected chi connectivity index (χ4v) is 8.54. The van der Waals surface area contributed by atoms with Gasteiger partial charge in [-0.1, -0.05) is 182 Å². The first kappa shape index (κ1) is 50.2. The summed E-state index contributed by atoms with van der Waals surface area (Å²) in [4.78, 5) is 2.08. The van der Waals surface area contributed by atoms with Gasteiger partial charge in [0.25, 0.3) is 0 Å². The van der Waals surface area contributed by atoms with Gasteiger partial charge < -0.3 is 10.6 Å². The summed E-state index contributed by atoms with van der Waals surface area (Å²) in [6.07, 6.45) is 0. The summed E-state index contributed by atoms with van der Waals surface area (Å²) >= 11 is 19.2. The third-order valence-electron chi connectivity index (χ3n) is 10.2. The molecule has 0 fully saturated rings. The van der Waals surface area contributed by atoms with Crippen LogP contribution in [0.5, 0.6) is 0 Å². The number of aromatic nitrogens is 3. The van der Waals surface area contributed by atoms with Crippen molar-refractivity contribution < 1.29 is 0 Å². The van der Waals surface area contributed by atoms with Gasteiger partial charge in [-0.3, -0.25) is 4.57 Å². The minimum atomic E-state index is 0.312. The van der Waals surface area contributed by atoms with Gasteiger partial charge in [-0.25, -0.2) is 0 Å². The summed E-state index contributed by atoms with van der Waals surface area (Å²) in [6, 6.07) is 54.2. The highest BCUT2D eigenvalue weighted by atomic mass is 79.9. The summed E-state index contributed by atoms with van der Waals surface area (Å²) in [6.45, 7) is 12.3. The quantitative estimate of drug-likeness (QED) is 0.0979. The van der Waals surface area contributed by atoms with E-state index in [-0.39, 0.29) is 0 Å². The molecule has 8 rings (SSSR count). The molecule has 332 valence electrons. The van der Waals surface area contributed by atoms with Crippen molar-refractivity contribution in [3.05, 3.63) is 217 Å². The normalized spacial score (nSPS) is 11.0. The Morgan fingerprint density at radius 3 is 1.49 bits per heavy atom. The van der Waals surface area contributed by atoms with Gasteiger partial charge in [0.1, 0.15) is 0 Å². The van der Waals surface area contributed by atoms with E-state index in [1.54, 1.807) is 0 Å². The van der Waals surface area contributed by atoms with E-state index in [4.69, 9.17) is 28.9 Å². The standard InChI is InChI=1S/C23H20BrN3.C15H12Cl2N2.C8H10BrN.C8H11N/c1-15-9-7-8-12-20(15)23-26-25-22(18-10-5-4-6-11-18)27(23)21-16(2)13-19(24)14-17(21)3;1-11-7-5-6-10-13(11)15(17)19-18-14(16)12-8-3-2-4-9-12;1-5-3-7(9)4-6(2)8(5)10;1-9(2)8-6-4-3-5-7-8/h4-14H,1-3H3;2-10H,1H3;3-4H,10H2,1-2H3;3-7H,1-2H3/b;18-14-,19-15-;;. The van der Waals surface area contributed by atoms with E-state index in [2.05, 4.69) is 131 Å². The Balaban J connectivity index is 0.000000180. The van der Waals surface area contributed by atoms with Crippen LogP contribution >= 0.6 is 55.1 Å². The van der Waals surface area contributed by atoms with E-state index >= 15 is 0 Å². The Morgan fingerprint density at radius 1 is 0.523 bits per heavy atom. The van der Waals surface area contributed by atoms with Crippen LogP contribution in [0.25, 0.3) is 28.5 Å². The highest BCUT2D eigenvalue weighted by molar-refractivity contribution is 9.10. The molecular weight excluding hydrogens is 977 g/mol. The average Bonchev–Trinajstić information content (AvgIpc) is 3.73. The average molecular weight is 1030 g/mol. The molecule has 0 amide bonds. The third kappa shape index (κ3) is 14.1. The summed E-state index contributed by atoms with van der Waals surface area (Å²) in [5.41, 5.74) is 19.6. The largest absolute Gasteiger partial charge is 0.398 e. The zero-order valence-corrected chi connectivity index (χ0v) is 42.5. The molecule has 7 nitrogen and oxygen atoms in total. The Hall–Kier alpha value is -5.84. The number of aryl methyl sites for hydroxylation is 6. The third-order valence-corrected chi connectivity index (χ3v) is 11.7. The number of hydrogen-bond donors (Lipinski definition) is 1. The number of para-hydroxylation sites is 1. The predicted molar refractivity (Wildman–Crippen MR) is 285 cm³/mol. The van der Waals surface area contributed by atoms with Crippen LogP contribution in [0.2, 0.25) is 0 Å². The van der Waals surface area contributed by atoms with Crippen LogP contribution < -0.4 is 10.6 Å². The van der Waals surface area contributed by atoms with Gasteiger partial charge in [-0.05, 0) is 111 Å². The molecule has 0 bridgehead atoms. The van der Waals surface area contributed by atoms with Gasteiger partial charge >= 0.3 is 0 Å². The van der Waals surface area contributed by atoms with Gasteiger partial charge in [0.05, 0.1) is 5.69 Å². The molecule has 7 aromatic carbocycles. The number of rotatable bonds is 7. The first-order chi connectivity index (χ1) is 31.2. The van der Waals surface area contributed by atoms with Crippen molar-refractivity contribution in [1.82, 2.24) is 14.8 Å². The van der Waals surface area contributed by atoms with Crippen LogP contribution in [0, 0.1) is 41.5 Å². The number of benzene rings is 7. The molecule has 0 saturated heterocycles. The zero-order valence-electron chi connectivity index (χ0n) is 37.9. The summed E-state index contributed by atoms with van der Waals surface area (Å²) in [5.74, 6) is 1.71. The molecule has 0 aliphatic rings. The monoisotopic (exact) mass is 1030 g/mol. The molecule has 0 aliphatic heterocycles. The molecule has 0 aliphatic carbocycles. The van der Waals surface area contributed by atoms with E-state index in [1.807, 2.05) is 150 Å². The van der Waals surface area contributed by atoms with E-state index in [0.717, 1.165) is 70.9 Å². The van der Waals surface area contributed by atoms with E-state index < -0.39 is 0 Å². The van der Waals surface area contributed by atoms with Gasteiger partial charge in [-0.2, -0.15) is 0 Å². The number of nitrogens with zero attached hydrogens (tertiary/aromatic N) is 6. The minimum absolute atomic E-state index is 0.312. The smallest absolute Gasteiger partial charge is 0.169 e. The fraction of sp³-hybridized carbons (Fsp3) is 0.148. The molecule has 1 heterocycles. The van der Waals surface area contributed by atoms with Crippen molar-refractivity contribution in [2.24, 2.45) is 10.2 Å². The molecule has 1 aromatic heterocycles. The summed E-state index contributed by atoms with van der Waals surface area (Å²) in [7, 11) is 4.07. The number of nitrogen functional groups attached to an aromatic ring is 1. The van der Waals surface area contributed by atoms with Crippen LogP contribution in [0.3, 0.4) is 0 Å². The Morgan fingerprint density at radius 2 is 0.969 bits per heavy atom. The highest BCUT2D eigenvalue weighted by Crippen LogP contribution is 2.34. The van der Waals surface area contributed by atoms with Crippen LogP contribution in [-0.4, -0.2) is 39.2 Å². The molecule has 0 saturated carbocycles. The summed E-state index contributed by atoms with van der Waals surface area (Å²) < 4.78 is 4.36. The number of anilines is 2. The Bertz CT molecular complexity index is 2820. The molecule has 8 aromatic rings. The van der Waals surface area contributed by atoms with Gasteiger partial charge in [-0.15, -0.1) is 20.4 Å². The van der Waals surface area contributed by atoms with Crippen molar-refractivity contribution in [2.45, 2.75) is 41.5 Å².